The minimum Gasteiger partial charge on any atom is -0.395 e. The van der Waals surface area contributed by atoms with Crippen molar-refractivity contribution in [3.63, 3.8) is 0 Å². The fraction of sp³-hybridized carbons (Fsp3) is 0.259. The Morgan fingerprint density at radius 3 is 2.86 bits per heavy atom. The van der Waals surface area contributed by atoms with Gasteiger partial charge < -0.3 is 20.6 Å². The van der Waals surface area contributed by atoms with Crippen LogP contribution >= 0.6 is 0 Å². The Morgan fingerprint density at radius 2 is 2.05 bits per heavy atom. The monoisotopic (exact) mass is 503 g/mol. The van der Waals surface area contributed by atoms with Crippen LogP contribution in [-0.4, -0.2) is 62.3 Å². The Balaban J connectivity index is 1.37. The average Bonchev–Trinajstić information content (AvgIpc) is 3.32. The molecule has 0 spiro atoms. The van der Waals surface area contributed by atoms with E-state index in [0.29, 0.717) is 29.6 Å². The van der Waals surface area contributed by atoms with E-state index in [9.17, 15) is 9.18 Å². The number of benzene rings is 2. The predicted molar refractivity (Wildman–Crippen MR) is 143 cm³/mol. The third-order valence-electron chi connectivity index (χ3n) is 5.78. The summed E-state index contributed by atoms with van der Waals surface area (Å²) in [6, 6.07) is 13.4. The number of rotatable bonds is 12. The number of likely N-dealkylation sites (N-methyl/N-ethyl adjacent to an activating group) is 1. The molecule has 0 aliphatic carbocycles. The van der Waals surface area contributed by atoms with Crippen molar-refractivity contribution in [1.82, 2.24) is 25.1 Å². The molecule has 1 amide bonds. The van der Waals surface area contributed by atoms with Gasteiger partial charge in [0.1, 0.15) is 18.0 Å². The van der Waals surface area contributed by atoms with Gasteiger partial charge in [0.25, 0.3) is 0 Å². The van der Waals surface area contributed by atoms with Crippen LogP contribution in [0.25, 0.3) is 17.0 Å². The molecule has 9 nitrogen and oxygen atoms in total. The number of aromatic nitrogens is 4. The lowest BCUT2D eigenvalue weighted by Crippen LogP contribution is -2.27. The molecule has 0 fully saturated rings. The number of carbonyl (C=O) groups excluding carboxylic acids is 1. The molecule has 192 valence electrons. The maximum atomic E-state index is 13.3. The number of carbonyl (C=O) groups is 1. The lowest BCUT2D eigenvalue weighted by Gasteiger charge is -2.17. The molecule has 0 unspecified atom stereocenters. The summed E-state index contributed by atoms with van der Waals surface area (Å²) in [5, 5.41) is 22.9. The average molecular weight is 504 g/mol. The molecule has 4 rings (SSSR count). The lowest BCUT2D eigenvalue weighted by atomic mass is 10.1. The van der Waals surface area contributed by atoms with Gasteiger partial charge in [-0.25, -0.2) is 14.4 Å². The number of hydrogen-bond acceptors (Lipinski definition) is 7. The van der Waals surface area contributed by atoms with Crippen LogP contribution in [-0.2, 0) is 11.2 Å². The quantitative estimate of drug-likeness (QED) is 0.229. The molecule has 0 saturated heterocycles. The van der Waals surface area contributed by atoms with Gasteiger partial charge in [0.05, 0.1) is 18.5 Å². The van der Waals surface area contributed by atoms with Gasteiger partial charge in [-0.15, -0.1) is 0 Å². The van der Waals surface area contributed by atoms with Gasteiger partial charge in [-0.1, -0.05) is 31.2 Å². The zero-order valence-corrected chi connectivity index (χ0v) is 20.6. The number of nitrogens with zero attached hydrogens (tertiary/aromatic N) is 4. The fourth-order valence-corrected chi connectivity index (χ4v) is 3.91. The van der Waals surface area contributed by atoms with Gasteiger partial charge in [0, 0.05) is 35.9 Å². The maximum absolute atomic E-state index is 13.3. The van der Waals surface area contributed by atoms with Crippen LogP contribution in [0.2, 0.25) is 0 Å². The Bertz CT molecular complexity index is 1370. The summed E-state index contributed by atoms with van der Waals surface area (Å²) in [5.41, 5.74) is 2.83. The van der Waals surface area contributed by atoms with Gasteiger partial charge in [-0.05, 0) is 48.9 Å². The highest BCUT2D eigenvalue weighted by Gasteiger charge is 2.10. The Hall–Kier alpha value is -4.15. The number of aromatic amines is 1. The summed E-state index contributed by atoms with van der Waals surface area (Å²) in [6.07, 6.45) is 6.63. The van der Waals surface area contributed by atoms with Crippen molar-refractivity contribution in [3.05, 3.63) is 78.0 Å². The molecule has 4 aromatic rings. The summed E-state index contributed by atoms with van der Waals surface area (Å²) in [6.45, 7) is 4.76. The van der Waals surface area contributed by atoms with E-state index >= 15 is 0 Å². The molecule has 2 aromatic carbocycles. The number of hydrogen-bond donors (Lipinski definition) is 4. The van der Waals surface area contributed by atoms with Crippen molar-refractivity contribution in [2.24, 2.45) is 0 Å². The molecule has 4 N–H and O–H groups in total. The van der Waals surface area contributed by atoms with Gasteiger partial charge >= 0.3 is 0 Å². The van der Waals surface area contributed by atoms with Crippen LogP contribution in [0.3, 0.4) is 0 Å². The SMILES string of the molecule is CCN(CCO)CC/C=C/c1ccc2c(Nc3cc(CC(=O)Nc4cccc(F)c4)[nH]n3)ncnc2c1. The summed E-state index contributed by atoms with van der Waals surface area (Å²) in [7, 11) is 0. The summed E-state index contributed by atoms with van der Waals surface area (Å²) >= 11 is 0. The number of nitrogens with one attached hydrogen (secondary N) is 3. The molecule has 0 radical (unpaired) electrons. The zero-order chi connectivity index (χ0) is 26.0. The van der Waals surface area contributed by atoms with Crippen molar-refractivity contribution in [3.8, 4) is 0 Å². The molecule has 0 aliphatic rings. The number of aliphatic hydroxyl groups is 1. The van der Waals surface area contributed by atoms with Gasteiger partial charge in [0.2, 0.25) is 5.91 Å². The van der Waals surface area contributed by atoms with Crippen molar-refractivity contribution in [2.45, 2.75) is 19.8 Å². The summed E-state index contributed by atoms with van der Waals surface area (Å²) < 4.78 is 13.3. The van der Waals surface area contributed by atoms with Crippen LogP contribution < -0.4 is 10.6 Å². The second kappa shape index (κ2) is 12.7. The Labute approximate surface area is 214 Å². The molecule has 0 aliphatic heterocycles. The molecule has 10 heteroatoms. The number of amides is 1. The highest BCUT2D eigenvalue weighted by atomic mass is 19.1. The zero-order valence-electron chi connectivity index (χ0n) is 20.6. The number of halogens is 1. The molecule has 2 heterocycles. The van der Waals surface area contributed by atoms with Gasteiger partial charge in [-0.3, -0.25) is 9.89 Å². The van der Waals surface area contributed by atoms with Crippen molar-refractivity contribution >= 4 is 40.2 Å². The molecular weight excluding hydrogens is 473 g/mol. The second-order valence-electron chi connectivity index (χ2n) is 8.49. The van der Waals surface area contributed by atoms with Crippen LogP contribution in [0.1, 0.15) is 24.6 Å². The summed E-state index contributed by atoms with van der Waals surface area (Å²) in [5.74, 6) is 0.416. The maximum Gasteiger partial charge on any atom is 0.230 e. The van der Waals surface area contributed by atoms with E-state index in [2.05, 4.69) is 54.8 Å². The van der Waals surface area contributed by atoms with Crippen LogP contribution in [0.5, 0.6) is 0 Å². The van der Waals surface area contributed by atoms with E-state index in [1.54, 1.807) is 12.1 Å². The molecule has 37 heavy (non-hydrogen) atoms. The van der Waals surface area contributed by atoms with Gasteiger partial charge in [-0.2, -0.15) is 5.10 Å². The number of anilines is 3. The highest BCUT2D eigenvalue weighted by Crippen LogP contribution is 2.24. The van der Waals surface area contributed by atoms with E-state index in [1.807, 2.05) is 18.2 Å². The first kappa shape index (κ1) is 25.9. The van der Waals surface area contributed by atoms with Crippen molar-refractivity contribution in [2.75, 3.05) is 36.9 Å². The molecule has 2 aromatic heterocycles. The first-order valence-electron chi connectivity index (χ1n) is 12.2. The Morgan fingerprint density at radius 1 is 1.16 bits per heavy atom. The van der Waals surface area contributed by atoms with Crippen molar-refractivity contribution in [1.29, 1.82) is 0 Å². The number of H-pyrrole nitrogens is 1. The molecular formula is C27H30FN7O2. The van der Waals surface area contributed by atoms with E-state index < -0.39 is 5.82 Å². The Kier molecular flexibility index (Phi) is 8.90. The standard InChI is InChI=1S/C27H30FN7O2/c1-2-35(12-13-36)11-4-3-6-19-9-10-23-24(14-19)29-18-30-27(23)32-25-16-22(33-34-25)17-26(37)31-21-8-5-7-20(28)15-21/h3,5-10,14-16,18,36H,2,4,11-13,17H2,1H3,(H,31,37)(H2,29,30,32,33,34)/b6-3+. The largest absolute Gasteiger partial charge is 0.395 e. The van der Waals surface area contributed by atoms with Crippen LogP contribution in [0, 0.1) is 5.82 Å². The number of fused-ring (bicyclic) bond motifs is 1. The summed E-state index contributed by atoms with van der Waals surface area (Å²) in [4.78, 5) is 23.3. The first-order chi connectivity index (χ1) is 18.0. The van der Waals surface area contributed by atoms with Crippen LogP contribution in [0.15, 0.2) is 60.9 Å². The smallest absolute Gasteiger partial charge is 0.230 e. The predicted octanol–water partition coefficient (Wildman–Crippen LogP) is 4.13. The normalized spacial score (nSPS) is 11.5. The van der Waals surface area contributed by atoms with E-state index in [4.69, 9.17) is 5.11 Å². The lowest BCUT2D eigenvalue weighted by molar-refractivity contribution is -0.115. The van der Waals surface area contributed by atoms with Crippen LogP contribution in [0.4, 0.5) is 21.7 Å². The molecule has 0 saturated carbocycles. The third kappa shape index (κ3) is 7.42. The second-order valence-corrected chi connectivity index (χ2v) is 8.49. The van der Waals surface area contributed by atoms with E-state index in [0.717, 1.165) is 36.0 Å². The minimum atomic E-state index is -0.413. The van der Waals surface area contributed by atoms with Crippen molar-refractivity contribution < 1.29 is 14.3 Å². The highest BCUT2D eigenvalue weighted by molar-refractivity contribution is 5.93. The first-order valence-corrected chi connectivity index (χ1v) is 12.2. The third-order valence-corrected chi connectivity index (χ3v) is 5.78. The molecule has 0 bridgehead atoms. The number of aliphatic hydroxyl groups excluding tert-OH is 1. The van der Waals surface area contributed by atoms with Gasteiger partial charge in [0.15, 0.2) is 5.82 Å². The molecule has 0 atom stereocenters. The topological polar surface area (TPSA) is 119 Å². The van der Waals surface area contributed by atoms with E-state index in [-0.39, 0.29) is 18.9 Å². The minimum absolute atomic E-state index is 0.0570. The fourth-order valence-electron chi connectivity index (χ4n) is 3.91. The van der Waals surface area contributed by atoms with E-state index in [1.165, 1.54) is 24.5 Å².